The lowest BCUT2D eigenvalue weighted by atomic mass is 10.3. The molecule has 0 spiro atoms. The largest absolute Gasteiger partial charge is 0.368 e. The van der Waals surface area contributed by atoms with Gasteiger partial charge >= 0.3 is 0 Å². The van der Waals surface area contributed by atoms with Crippen LogP contribution in [0.2, 0.25) is 0 Å². The molecule has 1 aliphatic heterocycles. The van der Waals surface area contributed by atoms with Crippen LogP contribution >= 0.6 is 0 Å². The third-order valence-corrected chi connectivity index (χ3v) is 2.95. The van der Waals surface area contributed by atoms with Crippen molar-refractivity contribution in [2.45, 2.75) is 12.8 Å². The van der Waals surface area contributed by atoms with E-state index in [1.165, 1.54) is 12.8 Å². The maximum Gasteiger partial charge on any atom is 0.230 e. The molecule has 3 heterocycles. The summed E-state index contributed by atoms with van der Waals surface area (Å²) in [5.74, 6) is 1.50. The van der Waals surface area contributed by atoms with Crippen LogP contribution in [0.25, 0.3) is 11.4 Å². The lowest BCUT2D eigenvalue weighted by molar-refractivity contribution is 0.887. The number of hydrogen-bond acceptors (Lipinski definition) is 6. The first-order valence-electron chi connectivity index (χ1n) is 6.00. The predicted octanol–water partition coefficient (Wildman–Crippen LogP) is 1.12. The highest BCUT2D eigenvalue weighted by Crippen LogP contribution is 2.20. The number of hydrogen-bond donors (Lipinski definition) is 1. The van der Waals surface area contributed by atoms with Crippen molar-refractivity contribution in [2.24, 2.45) is 0 Å². The molecule has 0 amide bonds. The van der Waals surface area contributed by atoms with Gasteiger partial charge in [-0.15, -0.1) is 0 Å². The molecule has 92 valence electrons. The molecule has 1 fully saturated rings. The van der Waals surface area contributed by atoms with Gasteiger partial charge in [-0.25, -0.2) is 0 Å². The standard InChI is InChI=1S/C12H14N6/c13-11-15-10(9-4-3-5-14-8-9)16-12(17-11)18-6-1-2-7-18/h3-5,8H,1-2,6-7H2,(H2,13,15,16,17). The Bertz CT molecular complexity index is 536. The van der Waals surface area contributed by atoms with E-state index < -0.39 is 0 Å². The van der Waals surface area contributed by atoms with Crippen LogP contribution in [0.15, 0.2) is 24.5 Å². The van der Waals surface area contributed by atoms with Gasteiger partial charge < -0.3 is 10.6 Å². The molecule has 0 atom stereocenters. The van der Waals surface area contributed by atoms with Crippen LogP contribution < -0.4 is 10.6 Å². The number of rotatable bonds is 2. The van der Waals surface area contributed by atoms with Crippen LogP contribution in [-0.2, 0) is 0 Å². The summed E-state index contributed by atoms with van der Waals surface area (Å²) in [6.07, 6.45) is 5.79. The Kier molecular flexibility index (Phi) is 2.76. The van der Waals surface area contributed by atoms with Crippen molar-refractivity contribution >= 4 is 11.9 Å². The maximum absolute atomic E-state index is 5.76. The van der Waals surface area contributed by atoms with Crippen LogP contribution in [0, 0.1) is 0 Å². The number of nitrogens with two attached hydrogens (primary N) is 1. The van der Waals surface area contributed by atoms with Crippen molar-refractivity contribution in [3.05, 3.63) is 24.5 Å². The summed E-state index contributed by atoms with van der Waals surface area (Å²) in [4.78, 5) is 19.0. The summed E-state index contributed by atoms with van der Waals surface area (Å²) in [5, 5.41) is 0. The molecule has 0 aliphatic carbocycles. The molecule has 1 aliphatic rings. The van der Waals surface area contributed by atoms with Crippen molar-refractivity contribution in [3.8, 4) is 11.4 Å². The van der Waals surface area contributed by atoms with E-state index in [1.54, 1.807) is 12.4 Å². The SMILES string of the molecule is Nc1nc(-c2cccnc2)nc(N2CCCC2)n1. The minimum atomic E-state index is 0.255. The average Bonchev–Trinajstić information content (AvgIpc) is 2.93. The molecule has 18 heavy (non-hydrogen) atoms. The number of nitrogen functional groups attached to an aromatic ring is 1. The van der Waals surface area contributed by atoms with E-state index in [9.17, 15) is 0 Å². The quantitative estimate of drug-likeness (QED) is 0.849. The first kappa shape index (κ1) is 10.9. The second kappa shape index (κ2) is 4.56. The molecule has 0 bridgehead atoms. The zero-order valence-electron chi connectivity index (χ0n) is 9.95. The monoisotopic (exact) mass is 242 g/mol. The molecular formula is C12H14N6. The normalized spacial score (nSPS) is 15.0. The van der Waals surface area contributed by atoms with Gasteiger partial charge in [0.2, 0.25) is 11.9 Å². The van der Waals surface area contributed by atoms with E-state index in [2.05, 4.69) is 24.8 Å². The number of nitrogens with zero attached hydrogens (tertiary/aromatic N) is 5. The fraction of sp³-hybridized carbons (Fsp3) is 0.333. The molecule has 2 aromatic rings. The second-order valence-corrected chi connectivity index (χ2v) is 4.25. The van der Waals surface area contributed by atoms with E-state index in [-0.39, 0.29) is 5.95 Å². The molecule has 0 radical (unpaired) electrons. The summed E-state index contributed by atoms with van der Waals surface area (Å²) in [5.41, 5.74) is 6.61. The Morgan fingerprint density at radius 2 is 1.94 bits per heavy atom. The topological polar surface area (TPSA) is 80.8 Å². The van der Waals surface area contributed by atoms with Gasteiger partial charge in [0.25, 0.3) is 0 Å². The third kappa shape index (κ3) is 2.09. The molecule has 1 saturated heterocycles. The Labute approximate surface area is 105 Å². The molecule has 0 unspecified atom stereocenters. The number of anilines is 2. The Balaban J connectivity index is 2.00. The predicted molar refractivity (Wildman–Crippen MR) is 68.9 cm³/mol. The third-order valence-electron chi connectivity index (χ3n) is 2.95. The van der Waals surface area contributed by atoms with Crippen molar-refractivity contribution in [1.82, 2.24) is 19.9 Å². The van der Waals surface area contributed by atoms with Crippen LogP contribution in [0.1, 0.15) is 12.8 Å². The van der Waals surface area contributed by atoms with Gasteiger partial charge in [0.1, 0.15) is 0 Å². The van der Waals surface area contributed by atoms with Gasteiger partial charge in [-0.05, 0) is 25.0 Å². The molecule has 2 aromatic heterocycles. The van der Waals surface area contributed by atoms with Crippen LogP contribution in [0.3, 0.4) is 0 Å². The molecule has 0 aromatic carbocycles. The Morgan fingerprint density at radius 3 is 2.67 bits per heavy atom. The lowest BCUT2D eigenvalue weighted by Crippen LogP contribution is -2.21. The summed E-state index contributed by atoms with van der Waals surface area (Å²) in [7, 11) is 0. The summed E-state index contributed by atoms with van der Waals surface area (Å²) >= 11 is 0. The number of aromatic nitrogens is 4. The van der Waals surface area contributed by atoms with Crippen LogP contribution in [0.4, 0.5) is 11.9 Å². The molecule has 3 rings (SSSR count). The van der Waals surface area contributed by atoms with Crippen LogP contribution in [0.5, 0.6) is 0 Å². The van der Waals surface area contributed by atoms with Gasteiger partial charge in [0, 0.05) is 31.0 Å². The van der Waals surface area contributed by atoms with E-state index in [4.69, 9.17) is 5.73 Å². The first-order valence-corrected chi connectivity index (χ1v) is 6.00. The van der Waals surface area contributed by atoms with Crippen molar-refractivity contribution in [1.29, 1.82) is 0 Å². The highest BCUT2D eigenvalue weighted by atomic mass is 15.3. The fourth-order valence-corrected chi connectivity index (χ4v) is 2.06. The molecule has 0 saturated carbocycles. The van der Waals surface area contributed by atoms with Gasteiger partial charge in [0.15, 0.2) is 5.82 Å². The van der Waals surface area contributed by atoms with Gasteiger partial charge in [-0.2, -0.15) is 15.0 Å². The van der Waals surface area contributed by atoms with E-state index in [1.807, 2.05) is 12.1 Å². The maximum atomic E-state index is 5.76. The Hall–Kier alpha value is -2.24. The Morgan fingerprint density at radius 1 is 1.11 bits per heavy atom. The molecule has 6 nitrogen and oxygen atoms in total. The minimum absolute atomic E-state index is 0.255. The highest BCUT2D eigenvalue weighted by molar-refractivity contribution is 5.56. The van der Waals surface area contributed by atoms with E-state index >= 15 is 0 Å². The van der Waals surface area contributed by atoms with Gasteiger partial charge in [-0.1, -0.05) is 0 Å². The first-order chi connectivity index (χ1) is 8.83. The fourth-order valence-electron chi connectivity index (χ4n) is 2.06. The van der Waals surface area contributed by atoms with Crippen molar-refractivity contribution in [2.75, 3.05) is 23.7 Å². The van der Waals surface area contributed by atoms with E-state index in [0.717, 1.165) is 18.7 Å². The minimum Gasteiger partial charge on any atom is -0.368 e. The van der Waals surface area contributed by atoms with Crippen molar-refractivity contribution in [3.63, 3.8) is 0 Å². The summed E-state index contributed by atoms with van der Waals surface area (Å²) in [6, 6.07) is 3.76. The second-order valence-electron chi connectivity index (χ2n) is 4.25. The smallest absolute Gasteiger partial charge is 0.230 e. The molecule has 6 heteroatoms. The van der Waals surface area contributed by atoms with Gasteiger partial charge in [-0.3, -0.25) is 4.98 Å². The molecule has 2 N–H and O–H groups in total. The van der Waals surface area contributed by atoms with Crippen LogP contribution in [-0.4, -0.2) is 33.0 Å². The zero-order chi connectivity index (χ0) is 12.4. The summed E-state index contributed by atoms with van der Waals surface area (Å²) < 4.78 is 0. The highest BCUT2D eigenvalue weighted by Gasteiger charge is 2.17. The molecular weight excluding hydrogens is 228 g/mol. The zero-order valence-corrected chi connectivity index (χ0v) is 9.95. The van der Waals surface area contributed by atoms with Crippen molar-refractivity contribution < 1.29 is 0 Å². The average molecular weight is 242 g/mol. The van der Waals surface area contributed by atoms with Gasteiger partial charge in [0.05, 0.1) is 0 Å². The summed E-state index contributed by atoms with van der Waals surface area (Å²) in [6.45, 7) is 1.96. The number of pyridine rings is 1. The van der Waals surface area contributed by atoms with E-state index in [0.29, 0.717) is 11.8 Å². The lowest BCUT2D eigenvalue weighted by Gasteiger charge is -2.15.